The van der Waals surface area contributed by atoms with Gasteiger partial charge in [0.25, 0.3) is 5.91 Å². The molecule has 0 radical (unpaired) electrons. The zero-order valence-corrected chi connectivity index (χ0v) is 24.9. The number of aliphatic hydroxyl groups excluding tert-OH is 1. The van der Waals surface area contributed by atoms with Gasteiger partial charge in [-0.15, -0.1) is 0 Å². The summed E-state index contributed by atoms with van der Waals surface area (Å²) in [4.78, 5) is 21.5. The molecule has 1 aliphatic carbocycles. The lowest BCUT2D eigenvalue weighted by molar-refractivity contribution is 0.0779. The van der Waals surface area contributed by atoms with Gasteiger partial charge in [-0.2, -0.15) is 4.31 Å². The lowest BCUT2D eigenvalue weighted by Gasteiger charge is -2.23. The van der Waals surface area contributed by atoms with Crippen molar-refractivity contribution in [1.82, 2.24) is 19.1 Å². The van der Waals surface area contributed by atoms with Crippen LogP contribution in [0.1, 0.15) is 57.9 Å². The summed E-state index contributed by atoms with van der Waals surface area (Å²) in [5, 5.41) is 9.73. The second-order valence-electron chi connectivity index (χ2n) is 11.2. The predicted molar refractivity (Wildman–Crippen MR) is 153 cm³/mol. The number of carbonyl (C=O) groups excluding carboxylic acids is 1. The fourth-order valence-corrected chi connectivity index (χ4v) is 7.50. The van der Waals surface area contributed by atoms with E-state index in [1.54, 1.807) is 45.0 Å². The minimum absolute atomic E-state index is 0.0512. The molecule has 220 valence electrons. The molecule has 5 rings (SSSR count). The highest BCUT2D eigenvalue weighted by Gasteiger charge is 2.40. The molecule has 3 aromatic rings. The third-order valence-electron chi connectivity index (χ3n) is 7.70. The number of amides is 1. The van der Waals surface area contributed by atoms with Gasteiger partial charge in [0.2, 0.25) is 15.9 Å². The van der Waals surface area contributed by atoms with Gasteiger partial charge in [-0.25, -0.2) is 13.4 Å². The average Bonchev–Trinajstić information content (AvgIpc) is 3.51. The third-order valence-corrected chi connectivity index (χ3v) is 9.90. The van der Waals surface area contributed by atoms with Crippen LogP contribution >= 0.6 is 0 Å². The van der Waals surface area contributed by atoms with E-state index in [4.69, 9.17) is 9.15 Å². The molecule has 1 aromatic heterocycles. The highest BCUT2D eigenvalue weighted by molar-refractivity contribution is 7.89. The van der Waals surface area contributed by atoms with Crippen LogP contribution in [-0.4, -0.2) is 77.9 Å². The van der Waals surface area contributed by atoms with Gasteiger partial charge in [-0.1, -0.05) is 24.3 Å². The minimum atomic E-state index is -3.84. The Hall–Kier alpha value is -3.25. The van der Waals surface area contributed by atoms with Crippen molar-refractivity contribution in [3.05, 3.63) is 76.5 Å². The standard InChI is InChI=1S/C30H38N4O6S/c1-20-13-26(39-4)14-21(2)29(20)41(37,38)34(24-9-10-24)18-28-31-27(19-40-28)30(36)32(3)15-22-5-7-23(8-6-22)16-33-12-11-25(35)17-33/h5-8,13-14,19,24-25,35H,9-12,15-18H2,1-4H3. The van der Waals surface area contributed by atoms with Crippen molar-refractivity contribution in [2.24, 2.45) is 0 Å². The summed E-state index contributed by atoms with van der Waals surface area (Å²) in [6.07, 6.45) is 3.39. The number of ether oxygens (including phenoxy) is 1. The average molecular weight is 583 g/mol. The van der Waals surface area contributed by atoms with Gasteiger partial charge in [-0.3, -0.25) is 9.69 Å². The van der Waals surface area contributed by atoms with Crippen molar-refractivity contribution in [2.75, 3.05) is 27.2 Å². The van der Waals surface area contributed by atoms with Crippen molar-refractivity contribution in [3.8, 4) is 5.75 Å². The quantitative estimate of drug-likeness (QED) is 0.365. The molecule has 41 heavy (non-hydrogen) atoms. The lowest BCUT2D eigenvalue weighted by Crippen LogP contribution is -2.34. The van der Waals surface area contributed by atoms with Crippen LogP contribution < -0.4 is 4.74 Å². The predicted octanol–water partition coefficient (Wildman–Crippen LogP) is 3.49. The molecule has 2 heterocycles. The van der Waals surface area contributed by atoms with Gasteiger partial charge < -0.3 is 19.2 Å². The summed E-state index contributed by atoms with van der Waals surface area (Å²) in [6, 6.07) is 11.4. The van der Waals surface area contributed by atoms with Crippen LogP contribution in [0.25, 0.3) is 0 Å². The number of sulfonamides is 1. The van der Waals surface area contributed by atoms with Crippen molar-refractivity contribution in [1.29, 1.82) is 0 Å². The van der Waals surface area contributed by atoms with E-state index in [-0.39, 0.29) is 41.1 Å². The van der Waals surface area contributed by atoms with Crippen LogP contribution in [0.15, 0.2) is 52.0 Å². The number of aliphatic hydroxyl groups is 1. The first kappa shape index (κ1) is 29.2. The topological polar surface area (TPSA) is 116 Å². The maximum Gasteiger partial charge on any atom is 0.275 e. The Bertz CT molecular complexity index is 1480. The number of rotatable bonds is 11. The number of aromatic nitrogens is 1. The Balaban J connectivity index is 1.24. The molecular weight excluding hydrogens is 544 g/mol. The number of benzene rings is 2. The summed E-state index contributed by atoms with van der Waals surface area (Å²) in [7, 11) is -0.584. The van der Waals surface area contributed by atoms with Gasteiger partial charge >= 0.3 is 0 Å². The molecule has 1 unspecified atom stereocenters. The number of hydrogen-bond acceptors (Lipinski definition) is 8. The zero-order valence-electron chi connectivity index (χ0n) is 24.0. The molecule has 0 spiro atoms. The van der Waals surface area contributed by atoms with Gasteiger partial charge in [0.1, 0.15) is 12.0 Å². The summed E-state index contributed by atoms with van der Waals surface area (Å²) in [5.41, 5.74) is 3.50. The van der Waals surface area contributed by atoms with Crippen LogP contribution in [0, 0.1) is 13.8 Å². The smallest absolute Gasteiger partial charge is 0.275 e. The number of aryl methyl sites for hydroxylation is 2. The molecule has 1 saturated carbocycles. The van der Waals surface area contributed by atoms with Crippen LogP contribution in [0.5, 0.6) is 5.75 Å². The van der Waals surface area contributed by atoms with Gasteiger partial charge in [0, 0.05) is 39.3 Å². The number of hydrogen-bond donors (Lipinski definition) is 1. The fourth-order valence-electron chi connectivity index (χ4n) is 5.45. The maximum absolute atomic E-state index is 13.8. The molecule has 1 atom stereocenters. The van der Waals surface area contributed by atoms with E-state index in [0.717, 1.165) is 43.5 Å². The monoisotopic (exact) mass is 582 g/mol. The van der Waals surface area contributed by atoms with Crippen molar-refractivity contribution >= 4 is 15.9 Å². The molecule has 0 bridgehead atoms. The van der Waals surface area contributed by atoms with Gasteiger partial charge in [0.15, 0.2) is 5.69 Å². The van der Waals surface area contributed by atoms with Crippen molar-refractivity contribution < 1.29 is 27.5 Å². The summed E-state index contributed by atoms with van der Waals surface area (Å²) < 4.78 is 39.9. The van der Waals surface area contributed by atoms with Crippen LogP contribution in [0.2, 0.25) is 0 Å². The Morgan fingerprint density at radius 1 is 1.10 bits per heavy atom. The fraction of sp³-hybridized carbons (Fsp3) is 0.467. The van der Waals surface area contributed by atoms with E-state index >= 15 is 0 Å². The Morgan fingerprint density at radius 2 is 1.76 bits per heavy atom. The van der Waals surface area contributed by atoms with E-state index in [9.17, 15) is 18.3 Å². The minimum Gasteiger partial charge on any atom is -0.497 e. The molecule has 2 fully saturated rings. The molecule has 1 N–H and O–H groups in total. The second kappa shape index (κ2) is 11.9. The number of likely N-dealkylation sites (tertiary alicyclic amines) is 1. The molecule has 11 heteroatoms. The van der Waals surface area contributed by atoms with Crippen molar-refractivity contribution in [3.63, 3.8) is 0 Å². The number of carbonyl (C=O) groups is 1. The number of oxazole rings is 1. The molecule has 1 amide bonds. The number of methoxy groups -OCH3 is 1. The SMILES string of the molecule is COc1cc(C)c(S(=O)(=O)N(Cc2nc(C(=O)N(C)Cc3ccc(CN4CCC(O)C4)cc3)co2)C2CC2)c(C)c1. The van der Waals surface area contributed by atoms with E-state index in [2.05, 4.69) is 9.88 Å². The first-order chi connectivity index (χ1) is 19.5. The van der Waals surface area contributed by atoms with Crippen molar-refractivity contribution in [2.45, 2.75) is 69.8 Å². The number of β-amino-alcohol motifs (C(OH)–C–C–N with tert-alkyl or cyclic N) is 1. The van der Waals surface area contributed by atoms with E-state index in [0.29, 0.717) is 30.0 Å². The first-order valence-electron chi connectivity index (χ1n) is 13.9. The Kier molecular flexibility index (Phi) is 8.51. The van der Waals surface area contributed by atoms with E-state index in [1.807, 2.05) is 24.3 Å². The van der Waals surface area contributed by atoms with E-state index < -0.39 is 10.0 Å². The van der Waals surface area contributed by atoms with Crippen LogP contribution in [0.3, 0.4) is 0 Å². The second-order valence-corrected chi connectivity index (χ2v) is 13.0. The highest BCUT2D eigenvalue weighted by Crippen LogP contribution is 2.36. The zero-order chi connectivity index (χ0) is 29.3. The van der Waals surface area contributed by atoms with Crippen LogP contribution in [0.4, 0.5) is 0 Å². The third kappa shape index (κ3) is 6.64. The molecule has 1 aliphatic heterocycles. The van der Waals surface area contributed by atoms with Gasteiger partial charge in [-0.05, 0) is 67.5 Å². The van der Waals surface area contributed by atoms with Crippen LogP contribution in [-0.2, 0) is 29.7 Å². The van der Waals surface area contributed by atoms with Gasteiger partial charge in [0.05, 0.1) is 24.7 Å². The summed E-state index contributed by atoms with van der Waals surface area (Å²) in [5.74, 6) is 0.478. The molecule has 10 nitrogen and oxygen atoms in total. The lowest BCUT2D eigenvalue weighted by atomic mass is 10.1. The molecule has 2 aliphatic rings. The Labute approximate surface area is 241 Å². The number of nitrogens with zero attached hydrogens (tertiary/aromatic N) is 4. The normalized spacial score (nSPS) is 17.8. The molecule has 1 saturated heterocycles. The highest BCUT2D eigenvalue weighted by atomic mass is 32.2. The maximum atomic E-state index is 13.8. The first-order valence-corrected chi connectivity index (χ1v) is 15.3. The van der Waals surface area contributed by atoms with E-state index in [1.165, 1.54) is 10.6 Å². The largest absolute Gasteiger partial charge is 0.497 e. The Morgan fingerprint density at radius 3 is 2.34 bits per heavy atom. The summed E-state index contributed by atoms with van der Waals surface area (Å²) in [6.45, 7) is 6.25. The summed E-state index contributed by atoms with van der Waals surface area (Å²) >= 11 is 0. The molecular formula is C30H38N4O6S. The molecule has 2 aromatic carbocycles.